The number of hydrogen-bond acceptors (Lipinski definition) is 6. The van der Waals surface area contributed by atoms with Gasteiger partial charge in [0.05, 0.1) is 43.9 Å². The summed E-state index contributed by atoms with van der Waals surface area (Å²) in [7, 11) is 3.03. The van der Waals surface area contributed by atoms with Gasteiger partial charge < -0.3 is 19.5 Å². The molecule has 0 bridgehead atoms. The lowest BCUT2D eigenvalue weighted by molar-refractivity contribution is -0.137. The fraction of sp³-hybridized carbons (Fsp3) is 0.233. The highest BCUT2D eigenvalue weighted by molar-refractivity contribution is 6.07. The first kappa shape index (κ1) is 28.5. The number of hydrogen-bond donors (Lipinski definition) is 1. The molecule has 1 aliphatic heterocycles. The van der Waals surface area contributed by atoms with Crippen molar-refractivity contribution in [1.82, 2.24) is 9.78 Å². The number of carbonyl (C=O) groups excluding carboxylic acids is 2. The molecule has 1 unspecified atom stereocenters. The Morgan fingerprint density at radius 1 is 0.976 bits per heavy atom. The summed E-state index contributed by atoms with van der Waals surface area (Å²) in [6.07, 6.45) is -0.700. The van der Waals surface area contributed by atoms with Crippen molar-refractivity contribution in [2.24, 2.45) is 0 Å². The Morgan fingerprint density at radius 2 is 1.67 bits per heavy atom. The number of aromatic nitrogens is 2. The maximum absolute atomic E-state index is 13.4. The Morgan fingerprint density at radius 3 is 2.33 bits per heavy atom. The number of halogens is 3. The van der Waals surface area contributed by atoms with E-state index in [0.717, 1.165) is 23.4 Å². The average molecular weight is 581 g/mol. The van der Waals surface area contributed by atoms with Crippen LogP contribution in [0.5, 0.6) is 23.0 Å². The van der Waals surface area contributed by atoms with Gasteiger partial charge in [0.25, 0.3) is 0 Å². The molecule has 1 atom stereocenters. The van der Waals surface area contributed by atoms with E-state index in [1.807, 2.05) is 24.3 Å². The number of rotatable bonds is 9. The van der Waals surface area contributed by atoms with Gasteiger partial charge >= 0.3 is 6.18 Å². The molecule has 218 valence electrons. The molecule has 3 aromatic carbocycles. The van der Waals surface area contributed by atoms with E-state index >= 15 is 0 Å². The van der Waals surface area contributed by atoms with Crippen LogP contribution in [0.15, 0.2) is 79.1 Å². The van der Waals surface area contributed by atoms with E-state index in [2.05, 4.69) is 10.4 Å². The zero-order valence-electron chi connectivity index (χ0n) is 22.7. The second kappa shape index (κ2) is 11.9. The van der Waals surface area contributed by atoms with E-state index in [4.69, 9.17) is 14.2 Å². The van der Waals surface area contributed by atoms with Gasteiger partial charge in [-0.25, -0.2) is 0 Å². The van der Waals surface area contributed by atoms with Crippen LogP contribution in [0, 0.1) is 0 Å². The van der Waals surface area contributed by atoms with Crippen molar-refractivity contribution in [3.8, 4) is 23.0 Å². The lowest BCUT2D eigenvalue weighted by atomic mass is 10.2. The summed E-state index contributed by atoms with van der Waals surface area (Å²) in [5, 5.41) is 7.18. The molecule has 1 N–H and O–H groups in total. The van der Waals surface area contributed by atoms with Gasteiger partial charge in [-0.15, -0.1) is 0 Å². The van der Waals surface area contributed by atoms with Gasteiger partial charge in [-0.1, -0.05) is 12.1 Å². The smallest absolute Gasteiger partial charge is 0.416 e. The molecule has 0 radical (unpaired) electrons. The van der Waals surface area contributed by atoms with Crippen LogP contribution in [-0.2, 0) is 22.3 Å². The third-order valence-corrected chi connectivity index (χ3v) is 6.76. The molecule has 1 aromatic heterocycles. The molecule has 2 amide bonds. The second-order valence-electron chi connectivity index (χ2n) is 9.54. The molecule has 12 heteroatoms. The standard InChI is InChI=1S/C30H27F3N4O5/c1-40-22-7-3-19(4-8-22)17-36-18-21(16-34-36)37-26(12-14-28(37)38)29(39)35-25-15-24(11-13-27(25)41-2)42-23-9-5-20(6-10-23)30(31,32)33/h3-11,13,15-16,18,26H,12,14,17H2,1-2H3,(H,35,39). The van der Waals surface area contributed by atoms with Crippen LogP contribution in [0.1, 0.15) is 24.0 Å². The largest absolute Gasteiger partial charge is 0.497 e. The Hall–Kier alpha value is -5.00. The molecule has 1 saturated heterocycles. The number of amides is 2. The van der Waals surface area contributed by atoms with E-state index in [-0.39, 0.29) is 29.5 Å². The molecule has 1 fully saturated rings. The number of alkyl halides is 3. The van der Waals surface area contributed by atoms with Gasteiger partial charge in [0.15, 0.2) is 0 Å². The maximum Gasteiger partial charge on any atom is 0.416 e. The van der Waals surface area contributed by atoms with Gasteiger partial charge in [-0.2, -0.15) is 18.3 Å². The SMILES string of the molecule is COc1ccc(Cn2cc(N3C(=O)CCC3C(=O)Nc3cc(Oc4ccc(C(F)(F)F)cc4)ccc3OC)cn2)cc1. The lowest BCUT2D eigenvalue weighted by Gasteiger charge is -2.23. The van der Waals surface area contributed by atoms with Crippen molar-refractivity contribution >= 4 is 23.2 Å². The fourth-order valence-electron chi connectivity index (χ4n) is 4.65. The van der Waals surface area contributed by atoms with E-state index < -0.39 is 23.7 Å². The van der Waals surface area contributed by atoms with Crippen LogP contribution in [0.25, 0.3) is 0 Å². The highest BCUT2D eigenvalue weighted by Gasteiger charge is 2.38. The van der Waals surface area contributed by atoms with Gasteiger partial charge in [-0.3, -0.25) is 19.2 Å². The number of carbonyl (C=O) groups is 2. The number of benzene rings is 3. The number of nitrogens with one attached hydrogen (secondary N) is 1. The molecule has 9 nitrogen and oxygen atoms in total. The lowest BCUT2D eigenvalue weighted by Crippen LogP contribution is -2.41. The third-order valence-electron chi connectivity index (χ3n) is 6.76. The Kier molecular flexibility index (Phi) is 8.05. The predicted molar refractivity (Wildman–Crippen MR) is 148 cm³/mol. The monoisotopic (exact) mass is 580 g/mol. The molecule has 1 aliphatic rings. The second-order valence-corrected chi connectivity index (χ2v) is 9.54. The van der Waals surface area contributed by atoms with Gasteiger partial charge in [0.2, 0.25) is 11.8 Å². The van der Waals surface area contributed by atoms with Crippen molar-refractivity contribution in [3.05, 3.63) is 90.3 Å². The van der Waals surface area contributed by atoms with Gasteiger partial charge in [0.1, 0.15) is 29.0 Å². The van der Waals surface area contributed by atoms with Crippen LogP contribution in [0.4, 0.5) is 24.5 Å². The normalized spacial score (nSPS) is 15.0. The van der Waals surface area contributed by atoms with Crippen LogP contribution in [-0.4, -0.2) is 41.9 Å². The Balaban J connectivity index is 1.30. The van der Waals surface area contributed by atoms with Crippen molar-refractivity contribution in [1.29, 1.82) is 0 Å². The zero-order valence-corrected chi connectivity index (χ0v) is 22.7. The summed E-state index contributed by atoms with van der Waals surface area (Å²) in [6, 6.07) is 15.6. The number of nitrogens with zero attached hydrogens (tertiary/aromatic N) is 3. The average Bonchev–Trinajstić information content (AvgIpc) is 3.59. The summed E-state index contributed by atoms with van der Waals surface area (Å²) < 4.78 is 56.6. The minimum atomic E-state index is -4.46. The molecule has 5 rings (SSSR count). The predicted octanol–water partition coefficient (Wildman–Crippen LogP) is 5.89. The van der Waals surface area contributed by atoms with Crippen LogP contribution in [0.2, 0.25) is 0 Å². The van der Waals surface area contributed by atoms with Gasteiger partial charge in [-0.05, 0) is 60.5 Å². The van der Waals surface area contributed by atoms with Crippen molar-refractivity contribution < 1.29 is 37.0 Å². The maximum atomic E-state index is 13.4. The number of ether oxygens (including phenoxy) is 3. The van der Waals surface area contributed by atoms with Crippen LogP contribution < -0.4 is 24.4 Å². The van der Waals surface area contributed by atoms with E-state index in [9.17, 15) is 22.8 Å². The summed E-state index contributed by atoms with van der Waals surface area (Å²) in [4.78, 5) is 27.7. The summed E-state index contributed by atoms with van der Waals surface area (Å²) in [6.45, 7) is 0.464. The summed E-state index contributed by atoms with van der Waals surface area (Å²) in [5.41, 5.74) is 0.969. The Bertz CT molecular complexity index is 1570. The quantitative estimate of drug-likeness (QED) is 0.265. The highest BCUT2D eigenvalue weighted by Crippen LogP contribution is 2.35. The fourth-order valence-corrected chi connectivity index (χ4v) is 4.65. The topological polar surface area (TPSA) is 94.9 Å². The number of anilines is 2. The van der Waals surface area contributed by atoms with Crippen molar-refractivity contribution in [2.75, 3.05) is 24.4 Å². The van der Waals surface area contributed by atoms with Crippen LogP contribution in [0.3, 0.4) is 0 Å². The molecular weight excluding hydrogens is 553 g/mol. The highest BCUT2D eigenvalue weighted by atomic mass is 19.4. The minimum absolute atomic E-state index is 0.185. The van der Waals surface area contributed by atoms with Crippen LogP contribution >= 0.6 is 0 Å². The zero-order chi connectivity index (χ0) is 29.9. The van der Waals surface area contributed by atoms with E-state index in [0.29, 0.717) is 24.4 Å². The Labute approximate surface area is 239 Å². The molecule has 0 spiro atoms. The molecule has 4 aromatic rings. The third kappa shape index (κ3) is 6.32. The van der Waals surface area contributed by atoms with Gasteiger partial charge in [0, 0.05) is 18.7 Å². The van der Waals surface area contributed by atoms with E-state index in [1.165, 1.54) is 30.2 Å². The summed E-state index contributed by atoms with van der Waals surface area (Å²) >= 11 is 0. The molecular formula is C30H27F3N4O5. The molecule has 2 heterocycles. The minimum Gasteiger partial charge on any atom is -0.497 e. The number of methoxy groups -OCH3 is 2. The van der Waals surface area contributed by atoms with Crippen molar-refractivity contribution in [3.63, 3.8) is 0 Å². The van der Waals surface area contributed by atoms with E-state index in [1.54, 1.807) is 36.3 Å². The summed E-state index contributed by atoms with van der Waals surface area (Å²) in [5.74, 6) is 0.893. The first-order valence-corrected chi connectivity index (χ1v) is 13.0. The van der Waals surface area contributed by atoms with Crippen molar-refractivity contribution in [2.45, 2.75) is 31.6 Å². The first-order chi connectivity index (χ1) is 20.1. The first-order valence-electron chi connectivity index (χ1n) is 13.0. The molecule has 0 aliphatic carbocycles. The molecule has 0 saturated carbocycles. The molecule has 42 heavy (non-hydrogen) atoms.